The minimum absolute atomic E-state index is 0.218. The summed E-state index contributed by atoms with van der Waals surface area (Å²) in [5.74, 6) is 0.880. The lowest BCUT2D eigenvalue weighted by atomic mass is 10.0. The first-order chi connectivity index (χ1) is 8.97. The Labute approximate surface area is 117 Å². The molecule has 0 N–H and O–H groups in total. The summed E-state index contributed by atoms with van der Waals surface area (Å²) >= 11 is 0. The fourth-order valence-electron chi connectivity index (χ4n) is 1.93. The topological polar surface area (TPSA) is 29.4 Å². The second-order valence-electron chi connectivity index (χ2n) is 6.46. The van der Waals surface area contributed by atoms with Gasteiger partial charge in [0.25, 0.3) is 0 Å². The zero-order valence-corrected chi connectivity index (χ0v) is 13.1. The largest absolute Gasteiger partial charge is 0.424 e. The number of hydrogen-bond acceptors (Lipinski definition) is 1. The Balaban J connectivity index is 2.17. The summed E-state index contributed by atoms with van der Waals surface area (Å²) in [6, 6.07) is 10.2. The van der Waals surface area contributed by atoms with Gasteiger partial charge in [0.1, 0.15) is 0 Å². The lowest BCUT2D eigenvalue weighted by Crippen LogP contribution is -2.16. The Hall–Kier alpha value is -1.09. The predicted octanol–water partition coefficient (Wildman–Crippen LogP) is 4.38. The Morgan fingerprint density at radius 1 is 1.26 bits per heavy atom. The van der Waals surface area contributed by atoms with E-state index in [-0.39, 0.29) is 5.04 Å². The summed E-state index contributed by atoms with van der Waals surface area (Å²) in [4.78, 5) is 0. The number of benzene rings is 1. The fourth-order valence-corrected chi connectivity index (χ4v) is 2.75. The van der Waals surface area contributed by atoms with Crippen LogP contribution < -0.4 is 0 Å². The van der Waals surface area contributed by atoms with Gasteiger partial charge in [0.2, 0.25) is 0 Å². The third-order valence-corrected chi connectivity index (χ3v) is 5.23. The molecule has 1 aliphatic rings. The zero-order valence-electron chi connectivity index (χ0n) is 12.1. The number of nitrogens with zero attached hydrogens (tertiary/aromatic N) is 1. The van der Waals surface area contributed by atoms with Gasteiger partial charge in [-0.3, -0.25) is 4.66 Å². The van der Waals surface area contributed by atoms with Gasteiger partial charge in [0.15, 0.2) is 0 Å². The third-order valence-electron chi connectivity index (χ3n) is 3.47. The molecular weight excluding hydrogens is 250 g/mol. The summed E-state index contributed by atoms with van der Waals surface area (Å²) < 4.78 is 16.9. The second kappa shape index (κ2) is 5.91. The normalized spacial score (nSPS) is 16.5. The molecule has 1 aromatic carbocycles. The summed E-state index contributed by atoms with van der Waals surface area (Å²) in [6.07, 6.45) is 4.86. The summed E-state index contributed by atoms with van der Waals surface area (Å²) in [5.41, 5.74) is 2.16. The van der Waals surface area contributed by atoms with E-state index in [0.29, 0.717) is 0 Å². The average molecular weight is 273 g/mol. The second-order valence-corrected chi connectivity index (χ2v) is 8.80. The SMILES string of the molecule is CC(C)(C)[Si](=O)N=C(CCC1CC1)c1ccccc1. The van der Waals surface area contributed by atoms with Crippen LogP contribution in [0.4, 0.5) is 0 Å². The molecule has 0 unspecified atom stereocenters. The highest BCUT2D eigenvalue weighted by Gasteiger charge is 2.26. The Bertz CT molecular complexity index is 469. The molecular formula is C16H23NOSi. The van der Waals surface area contributed by atoms with E-state index in [1.165, 1.54) is 19.3 Å². The van der Waals surface area contributed by atoms with Crippen LogP contribution in [0.1, 0.15) is 52.0 Å². The summed E-state index contributed by atoms with van der Waals surface area (Å²) in [7, 11) is -1.94. The maximum Gasteiger partial charge on any atom is 0.424 e. The van der Waals surface area contributed by atoms with Crippen LogP contribution in [0.2, 0.25) is 5.04 Å². The molecule has 102 valence electrons. The molecule has 0 amide bonds. The molecule has 2 nitrogen and oxygen atoms in total. The minimum Gasteiger partial charge on any atom is -0.357 e. The number of rotatable bonds is 5. The smallest absolute Gasteiger partial charge is 0.357 e. The molecule has 0 saturated heterocycles. The molecule has 3 heteroatoms. The predicted molar refractivity (Wildman–Crippen MR) is 81.1 cm³/mol. The summed E-state index contributed by atoms with van der Waals surface area (Å²) in [5, 5.41) is -0.218. The molecule has 1 fully saturated rings. The Morgan fingerprint density at radius 2 is 1.89 bits per heavy atom. The Morgan fingerprint density at radius 3 is 2.42 bits per heavy atom. The molecule has 1 aliphatic carbocycles. The first-order valence-corrected chi connectivity index (χ1v) is 8.50. The van der Waals surface area contributed by atoms with Gasteiger partial charge in [-0.2, -0.15) is 0 Å². The molecule has 0 aromatic heterocycles. The van der Waals surface area contributed by atoms with E-state index in [4.69, 9.17) is 0 Å². The van der Waals surface area contributed by atoms with Gasteiger partial charge >= 0.3 is 8.84 Å². The molecule has 0 bridgehead atoms. The molecule has 19 heavy (non-hydrogen) atoms. The molecule has 0 spiro atoms. The monoisotopic (exact) mass is 273 g/mol. The van der Waals surface area contributed by atoms with Crippen molar-refractivity contribution in [1.82, 2.24) is 0 Å². The van der Waals surface area contributed by atoms with Gasteiger partial charge in [-0.1, -0.05) is 63.9 Å². The molecule has 1 aromatic rings. The highest BCUT2D eigenvalue weighted by molar-refractivity contribution is 6.47. The van der Waals surface area contributed by atoms with Crippen LogP contribution in [-0.4, -0.2) is 14.6 Å². The van der Waals surface area contributed by atoms with Crippen LogP contribution in [0.5, 0.6) is 0 Å². The van der Waals surface area contributed by atoms with Gasteiger partial charge in [0, 0.05) is 10.7 Å². The van der Waals surface area contributed by atoms with Crippen LogP contribution in [0.3, 0.4) is 0 Å². The van der Waals surface area contributed by atoms with E-state index in [2.05, 4.69) is 16.8 Å². The number of hydrogen-bond donors (Lipinski definition) is 0. The van der Waals surface area contributed by atoms with Crippen molar-refractivity contribution in [1.29, 1.82) is 0 Å². The highest BCUT2D eigenvalue weighted by atomic mass is 28.3. The van der Waals surface area contributed by atoms with Gasteiger partial charge < -0.3 is 4.46 Å². The fraction of sp³-hybridized carbons (Fsp3) is 0.562. The van der Waals surface area contributed by atoms with Crippen molar-refractivity contribution in [3.63, 3.8) is 0 Å². The van der Waals surface area contributed by atoms with E-state index in [1.807, 2.05) is 39.0 Å². The molecule has 0 aliphatic heterocycles. The van der Waals surface area contributed by atoms with Crippen molar-refractivity contribution in [3.05, 3.63) is 35.9 Å². The maximum absolute atomic E-state index is 12.3. The zero-order chi connectivity index (χ0) is 13.9. The van der Waals surface area contributed by atoms with Crippen molar-refractivity contribution in [3.8, 4) is 0 Å². The van der Waals surface area contributed by atoms with Crippen molar-refractivity contribution in [2.45, 2.75) is 51.5 Å². The maximum atomic E-state index is 12.3. The third kappa shape index (κ3) is 4.50. The van der Waals surface area contributed by atoms with Crippen LogP contribution in [0.15, 0.2) is 35.0 Å². The van der Waals surface area contributed by atoms with Gasteiger partial charge in [-0.05, 0) is 24.3 Å². The molecule has 1 saturated carbocycles. The lowest BCUT2D eigenvalue weighted by molar-refractivity contribution is 0.526. The van der Waals surface area contributed by atoms with E-state index in [9.17, 15) is 4.46 Å². The minimum atomic E-state index is -1.94. The molecule has 0 radical (unpaired) electrons. The van der Waals surface area contributed by atoms with Gasteiger partial charge in [-0.25, -0.2) is 0 Å². The first-order valence-electron chi connectivity index (χ1n) is 7.14. The van der Waals surface area contributed by atoms with Crippen LogP contribution in [0.25, 0.3) is 0 Å². The Kier molecular flexibility index (Phi) is 4.45. The van der Waals surface area contributed by atoms with Gasteiger partial charge in [-0.15, -0.1) is 0 Å². The van der Waals surface area contributed by atoms with Gasteiger partial charge in [0.05, 0.1) is 0 Å². The first kappa shape index (κ1) is 14.3. The molecule has 0 atom stereocenters. The molecule has 0 heterocycles. The molecule has 2 rings (SSSR count). The van der Waals surface area contributed by atoms with Crippen LogP contribution >= 0.6 is 0 Å². The van der Waals surface area contributed by atoms with E-state index in [1.54, 1.807) is 0 Å². The van der Waals surface area contributed by atoms with Crippen molar-refractivity contribution in [2.24, 2.45) is 10.6 Å². The van der Waals surface area contributed by atoms with Crippen LogP contribution in [0, 0.1) is 5.92 Å². The standard InChI is InChI=1S/C16H23NOSi/c1-16(2,3)19(18)17-15(12-11-13-9-10-13)14-7-5-4-6-8-14/h4-8,13H,9-12H2,1-3H3. The summed E-state index contributed by atoms with van der Waals surface area (Å²) in [6.45, 7) is 6.00. The quantitative estimate of drug-likeness (QED) is 0.578. The lowest BCUT2D eigenvalue weighted by Gasteiger charge is -2.13. The van der Waals surface area contributed by atoms with Crippen LogP contribution in [-0.2, 0) is 4.46 Å². The van der Waals surface area contributed by atoms with Crippen molar-refractivity contribution >= 4 is 14.6 Å². The van der Waals surface area contributed by atoms with Crippen molar-refractivity contribution < 1.29 is 4.46 Å². The van der Waals surface area contributed by atoms with E-state index >= 15 is 0 Å². The van der Waals surface area contributed by atoms with Crippen molar-refractivity contribution in [2.75, 3.05) is 0 Å². The van der Waals surface area contributed by atoms with E-state index < -0.39 is 8.84 Å². The average Bonchev–Trinajstić information content (AvgIpc) is 3.18. The highest BCUT2D eigenvalue weighted by Crippen LogP contribution is 2.34. The van der Waals surface area contributed by atoms with E-state index in [0.717, 1.165) is 23.6 Å².